The molecular weight excluding hydrogens is 366 g/mol. The van der Waals surface area contributed by atoms with E-state index in [2.05, 4.69) is 30.4 Å². The van der Waals surface area contributed by atoms with Gasteiger partial charge in [0.05, 0.1) is 17.2 Å². The highest BCUT2D eigenvalue weighted by Gasteiger charge is 2.29. The minimum atomic E-state index is -0.519. The molecule has 0 radical (unpaired) electrons. The summed E-state index contributed by atoms with van der Waals surface area (Å²) in [5.74, 6) is 0.921. The topological polar surface area (TPSA) is 134 Å². The van der Waals surface area contributed by atoms with Crippen molar-refractivity contribution in [1.82, 2.24) is 15.3 Å². The van der Waals surface area contributed by atoms with Crippen molar-refractivity contribution < 1.29 is 14.7 Å². The molecule has 1 aromatic carbocycles. The van der Waals surface area contributed by atoms with Crippen LogP contribution < -0.4 is 15.1 Å². The van der Waals surface area contributed by atoms with E-state index in [0.29, 0.717) is 24.3 Å². The van der Waals surface area contributed by atoms with Gasteiger partial charge in [0.2, 0.25) is 5.52 Å². The lowest BCUT2D eigenvalue weighted by molar-refractivity contribution is -0.382. The van der Waals surface area contributed by atoms with E-state index in [-0.39, 0.29) is 30.0 Å². The predicted molar refractivity (Wildman–Crippen MR) is 103 cm³/mol. The fraction of sp³-hybridized carbons (Fsp3) is 0.353. The maximum Gasteiger partial charge on any atom is 0.323 e. The lowest BCUT2D eigenvalue weighted by Gasteiger charge is -2.36. The minimum Gasteiger partial charge on any atom is -0.395 e. The van der Waals surface area contributed by atoms with Gasteiger partial charge in [-0.15, -0.1) is 0 Å². The first kappa shape index (κ1) is 17.9. The number of aliphatic hydroxyl groups excluding tert-OH is 1. The van der Waals surface area contributed by atoms with Crippen LogP contribution in [0, 0.1) is 10.1 Å². The zero-order valence-electron chi connectivity index (χ0n) is 15.0. The Bertz CT molecular complexity index is 970. The average molecular weight is 385 g/mol. The van der Waals surface area contributed by atoms with Crippen LogP contribution in [0.2, 0.25) is 0 Å². The summed E-state index contributed by atoms with van der Waals surface area (Å²) >= 11 is 0. The third kappa shape index (κ3) is 3.27. The number of hydrogen-bond donors (Lipinski definition) is 2. The van der Waals surface area contributed by atoms with Gasteiger partial charge in [-0.25, -0.2) is 9.61 Å². The molecule has 3 aromatic rings. The van der Waals surface area contributed by atoms with Crippen molar-refractivity contribution in [3.8, 4) is 0 Å². The van der Waals surface area contributed by atoms with Crippen LogP contribution in [-0.2, 0) is 0 Å². The molecule has 1 saturated heterocycles. The third-order valence-electron chi connectivity index (χ3n) is 4.70. The van der Waals surface area contributed by atoms with Gasteiger partial charge >= 0.3 is 5.69 Å². The van der Waals surface area contributed by atoms with E-state index < -0.39 is 4.92 Å². The van der Waals surface area contributed by atoms with Crippen LogP contribution in [0.1, 0.15) is 0 Å². The summed E-state index contributed by atoms with van der Waals surface area (Å²) in [6.45, 7) is 2.92. The quantitative estimate of drug-likeness (QED) is 0.472. The van der Waals surface area contributed by atoms with E-state index in [1.54, 1.807) is 12.3 Å². The molecule has 3 heterocycles. The van der Waals surface area contributed by atoms with E-state index >= 15 is 0 Å². The minimum absolute atomic E-state index is 0.0927. The molecule has 4 rings (SSSR count). The molecule has 146 valence electrons. The fourth-order valence-corrected chi connectivity index (χ4v) is 3.38. The van der Waals surface area contributed by atoms with Crippen LogP contribution in [0.15, 0.2) is 35.1 Å². The van der Waals surface area contributed by atoms with Crippen molar-refractivity contribution in [1.29, 1.82) is 0 Å². The van der Waals surface area contributed by atoms with Gasteiger partial charge < -0.3 is 20.2 Å². The number of benzene rings is 1. The van der Waals surface area contributed by atoms with Crippen LogP contribution >= 0.6 is 0 Å². The lowest BCUT2D eigenvalue weighted by Crippen LogP contribution is -2.47. The van der Waals surface area contributed by atoms with Gasteiger partial charge in [-0.05, 0) is 28.5 Å². The Kier molecular flexibility index (Phi) is 4.89. The first-order valence-electron chi connectivity index (χ1n) is 8.88. The Hall–Kier alpha value is -3.47. The van der Waals surface area contributed by atoms with Crippen molar-refractivity contribution in [2.24, 2.45) is 0 Å². The van der Waals surface area contributed by atoms with E-state index in [1.165, 1.54) is 0 Å². The summed E-state index contributed by atoms with van der Waals surface area (Å²) in [6, 6.07) is 7.48. The Morgan fingerprint density at radius 1 is 1.18 bits per heavy atom. The van der Waals surface area contributed by atoms with Gasteiger partial charge in [-0.2, -0.15) is 0 Å². The number of nitrogens with zero attached hydrogens (tertiary/aromatic N) is 6. The molecule has 1 fully saturated rings. The van der Waals surface area contributed by atoms with Crippen molar-refractivity contribution in [2.75, 3.05) is 54.4 Å². The van der Waals surface area contributed by atoms with E-state index in [9.17, 15) is 10.1 Å². The normalized spacial score (nSPS) is 14.5. The molecule has 0 saturated carbocycles. The number of aromatic nitrogens is 3. The second-order valence-electron chi connectivity index (χ2n) is 6.32. The number of fused-ring (bicyclic) bond motifs is 1. The van der Waals surface area contributed by atoms with Gasteiger partial charge in [-0.1, -0.05) is 6.07 Å². The summed E-state index contributed by atoms with van der Waals surface area (Å²) < 4.78 is 4.81. The third-order valence-corrected chi connectivity index (χ3v) is 4.70. The van der Waals surface area contributed by atoms with E-state index in [4.69, 9.17) is 9.74 Å². The molecule has 28 heavy (non-hydrogen) atoms. The molecule has 0 amide bonds. The Morgan fingerprint density at radius 3 is 2.61 bits per heavy atom. The summed E-state index contributed by atoms with van der Waals surface area (Å²) in [4.78, 5) is 19.7. The van der Waals surface area contributed by atoms with Crippen LogP contribution in [-0.4, -0.2) is 64.7 Å². The van der Waals surface area contributed by atoms with E-state index in [0.717, 1.165) is 18.9 Å². The molecule has 0 unspecified atom stereocenters. The predicted octanol–water partition coefficient (Wildman–Crippen LogP) is 1.26. The Labute approximate surface area is 159 Å². The zero-order chi connectivity index (χ0) is 19.5. The highest BCUT2D eigenvalue weighted by molar-refractivity contribution is 5.99. The first-order valence-corrected chi connectivity index (χ1v) is 8.88. The number of anilines is 3. The molecule has 1 aliphatic rings. The standard InChI is InChI=1S/C17H19N7O4/c25-10-5-18-12-11-13(15-16(21-28-20-15)17(12)24(26)27)22-6-8-23(9-7-22)14-3-1-2-4-19-14/h1-4,11,18,25H,5-10H2. The number of hydrogen-bond acceptors (Lipinski definition) is 10. The molecule has 0 bridgehead atoms. The molecule has 0 atom stereocenters. The van der Waals surface area contributed by atoms with Gasteiger partial charge in [-0.3, -0.25) is 10.1 Å². The average Bonchev–Trinajstić information content (AvgIpc) is 3.21. The monoisotopic (exact) mass is 385 g/mol. The van der Waals surface area contributed by atoms with Crippen molar-refractivity contribution >= 4 is 33.9 Å². The van der Waals surface area contributed by atoms with Crippen LogP contribution in [0.5, 0.6) is 0 Å². The molecule has 11 nitrogen and oxygen atoms in total. The number of nitro groups is 1. The number of piperazine rings is 1. The SMILES string of the molecule is O=[N+]([O-])c1c(NCCO)cc(N2CCN(c3ccccn3)CC2)c2nonc12. The second kappa shape index (κ2) is 7.64. The molecule has 2 N–H and O–H groups in total. The largest absolute Gasteiger partial charge is 0.395 e. The zero-order valence-corrected chi connectivity index (χ0v) is 15.0. The molecule has 0 aliphatic carbocycles. The number of pyridine rings is 1. The van der Waals surface area contributed by atoms with Crippen molar-refractivity contribution in [2.45, 2.75) is 0 Å². The van der Waals surface area contributed by atoms with Gasteiger partial charge in [0.1, 0.15) is 11.5 Å². The second-order valence-corrected chi connectivity index (χ2v) is 6.32. The van der Waals surface area contributed by atoms with Crippen LogP contribution in [0.25, 0.3) is 11.0 Å². The Morgan fingerprint density at radius 2 is 1.93 bits per heavy atom. The molecule has 0 spiro atoms. The van der Waals surface area contributed by atoms with Gasteiger partial charge in [0, 0.05) is 38.9 Å². The fourth-order valence-electron chi connectivity index (χ4n) is 3.38. The molecule has 2 aromatic heterocycles. The maximum absolute atomic E-state index is 11.6. The maximum atomic E-state index is 11.6. The first-order chi connectivity index (χ1) is 13.7. The van der Waals surface area contributed by atoms with Crippen LogP contribution in [0.3, 0.4) is 0 Å². The summed E-state index contributed by atoms with van der Waals surface area (Å²) in [6.07, 6.45) is 1.77. The molecule has 11 heteroatoms. The summed E-state index contributed by atoms with van der Waals surface area (Å²) in [5.41, 5.74) is 1.23. The highest BCUT2D eigenvalue weighted by Crippen LogP contribution is 2.38. The lowest BCUT2D eigenvalue weighted by atomic mass is 10.1. The number of aliphatic hydroxyl groups is 1. The van der Waals surface area contributed by atoms with Gasteiger partial charge in [0.25, 0.3) is 0 Å². The van der Waals surface area contributed by atoms with E-state index in [1.807, 2.05) is 18.2 Å². The van der Waals surface area contributed by atoms with Gasteiger partial charge in [0.15, 0.2) is 5.52 Å². The van der Waals surface area contributed by atoms with Crippen molar-refractivity contribution in [3.05, 3.63) is 40.6 Å². The molecular formula is C17H19N7O4. The number of nitrogens with one attached hydrogen (secondary N) is 1. The number of nitro benzene ring substituents is 1. The smallest absolute Gasteiger partial charge is 0.323 e. The summed E-state index contributed by atoms with van der Waals surface area (Å²) in [7, 11) is 0. The highest BCUT2D eigenvalue weighted by atomic mass is 16.6. The van der Waals surface area contributed by atoms with Crippen LogP contribution in [0.4, 0.5) is 22.9 Å². The summed E-state index contributed by atoms with van der Waals surface area (Å²) in [5, 5.41) is 31.2. The molecule has 1 aliphatic heterocycles. The Balaban J connectivity index is 1.65. The van der Waals surface area contributed by atoms with Crippen molar-refractivity contribution in [3.63, 3.8) is 0 Å². The number of rotatable bonds is 6.